The summed E-state index contributed by atoms with van der Waals surface area (Å²) in [5, 5.41) is 4.36. The second kappa shape index (κ2) is 8.94. The van der Waals surface area contributed by atoms with Crippen LogP contribution in [0.2, 0.25) is 0 Å². The van der Waals surface area contributed by atoms with Crippen LogP contribution in [0.1, 0.15) is 5.56 Å². The lowest BCUT2D eigenvalue weighted by Gasteiger charge is -2.18. The van der Waals surface area contributed by atoms with Crippen LogP contribution in [0.3, 0.4) is 0 Å². The predicted octanol–water partition coefficient (Wildman–Crippen LogP) is 4.10. The molecule has 28 heavy (non-hydrogen) atoms. The highest BCUT2D eigenvalue weighted by molar-refractivity contribution is 7.71. The first-order valence-electron chi connectivity index (χ1n) is 8.48. The molecule has 2 aromatic carbocycles. The molecule has 0 fully saturated rings. The Labute approximate surface area is 166 Å². The van der Waals surface area contributed by atoms with Gasteiger partial charge in [-0.15, -0.1) is 0 Å². The molecule has 0 aliphatic heterocycles. The monoisotopic (exact) mass is 406 g/mol. The zero-order valence-electron chi connectivity index (χ0n) is 15.5. The molecule has 0 saturated heterocycles. The van der Waals surface area contributed by atoms with Crippen molar-refractivity contribution in [2.45, 2.75) is 19.8 Å². The van der Waals surface area contributed by atoms with Crippen LogP contribution in [0.4, 0.5) is 8.78 Å². The van der Waals surface area contributed by atoms with E-state index in [0.29, 0.717) is 18.0 Å². The number of methoxy groups -OCH3 is 1. The minimum atomic E-state index is -2.90. The maximum atomic E-state index is 12.4. The van der Waals surface area contributed by atoms with Gasteiger partial charge in [0.2, 0.25) is 4.77 Å². The Balaban J connectivity index is 1.70. The van der Waals surface area contributed by atoms with Crippen LogP contribution in [0.25, 0.3) is 5.69 Å². The van der Waals surface area contributed by atoms with Gasteiger partial charge in [0.1, 0.15) is 6.33 Å². The van der Waals surface area contributed by atoms with Crippen molar-refractivity contribution in [1.82, 2.24) is 19.2 Å². The van der Waals surface area contributed by atoms with Gasteiger partial charge in [0.05, 0.1) is 13.8 Å². The van der Waals surface area contributed by atoms with Gasteiger partial charge in [-0.1, -0.05) is 24.3 Å². The molecule has 0 aliphatic carbocycles. The van der Waals surface area contributed by atoms with E-state index < -0.39 is 6.61 Å². The molecule has 0 atom stereocenters. The number of benzene rings is 2. The highest BCUT2D eigenvalue weighted by atomic mass is 32.1. The summed E-state index contributed by atoms with van der Waals surface area (Å²) in [7, 11) is 3.33. The number of ether oxygens (including phenoxy) is 2. The normalized spacial score (nSPS) is 11.2. The molecular formula is C19H20F2N4O2S. The molecular weight excluding hydrogens is 386 g/mol. The van der Waals surface area contributed by atoms with Crippen LogP contribution in [0, 0.1) is 4.77 Å². The molecule has 0 radical (unpaired) electrons. The first-order valence-corrected chi connectivity index (χ1v) is 8.89. The summed E-state index contributed by atoms with van der Waals surface area (Å²) in [6, 6.07) is 14.6. The van der Waals surface area contributed by atoms with E-state index >= 15 is 0 Å². The van der Waals surface area contributed by atoms with Gasteiger partial charge in [-0.05, 0) is 49.1 Å². The Hall–Kier alpha value is -2.78. The molecule has 0 saturated carbocycles. The summed E-state index contributed by atoms with van der Waals surface area (Å²) in [4.78, 5) is 2.00. The second-order valence-corrected chi connectivity index (χ2v) is 6.50. The Morgan fingerprint density at radius 2 is 1.89 bits per heavy atom. The van der Waals surface area contributed by atoms with Gasteiger partial charge in [0.15, 0.2) is 11.5 Å². The van der Waals surface area contributed by atoms with Gasteiger partial charge in [-0.25, -0.2) is 4.68 Å². The van der Waals surface area contributed by atoms with Crippen LogP contribution in [-0.4, -0.2) is 40.0 Å². The highest BCUT2D eigenvalue weighted by Gasteiger charge is 2.12. The largest absolute Gasteiger partial charge is 0.493 e. The van der Waals surface area contributed by atoms with E-state index in [-0.39, 0.29) is 11.5 Å². The van der Waals surface area contributed by atoms with Gasteiger partial charge in [0, 0.05) is 12.2 Å². The summed E-state index contributed by atoms with van der Waals surface area (Å²) in [6.45, 7) is -1.88. The quantitative estimate of drug-likeness (QED) is 0.527. The van der Waals surface area contributed by atoms with E-state index in [2.05, 4.69) is 9.84 Å². The molecule has 1 heterocycles. The van der Waals surface area contributed by atoms with Crippen LogP contribution in [0.5, 0.6) is 11.5 Å². The third-order valence-corrected chi connectivity index (χ3v) is 4.45. The molecule has 3 rings (SSSR count). The molecule has 3 aromatic rings. The topological polar surface area (TPSA) is 44.5 Å². The first-order chi connectivity index (χ1) is 13.5. The number of rotatable bonds is 8. The lowest BCUT2D eigenvalue weighted by atomic mass is 10.2. The molecule has 0 amide bonds. The number of para-hydroxylation sites is 1. The van der Waals surface area contributed by atoms with Crippen molar-refractivity contribution in [3.8, 4) is 17.2 Å². The van der Waals surface area contributed by atoms with E-state index in [4.69, 9.17) is 17.0 Å². The molecule has 0 aliphatic rings. The van der Waals surface area contributed by atoms with Crippen molar-refractivity contribution >= 4 is 12.2 Å². The fourth-order valence-corrected chi connectivity index (χ4v) is 3.05. The number of nitrogens with zero attached hydrogens (tertiary/aromatic N) is 4. The number of aromatic nitrogens is 3. The Kier molecular flexibility index (Phi) is 6.37. The Morgan fingerprint density at radius 1 is 1.14 bits per heavy atom. The number of hydrogen-bond donors (Lipinski definition) is 0. The van der Waals surface area contributed by atoms with Gasteiger partial charge in [-0.3, -0.25) is 9.47 Å². The predicted molar refractivity (Wildman–Crippen MR) is 103 cm³/mol. The molecule has 9 heteroatoms. The molecule has 148 valence electrons. The second-order valence-electron chi connectivity index (χ2n) is 6.14. The fourth-order valence-electron chi connectivity index (χ4n) is 2.79. The summed E-state index contributed by atoms with van der Waals surface area (Å²) in [5.74, 6) is 0.267. The third kappa shape index (κ3) is 4.73. The van der Waals surface area contributed by atoms with Crippen LogP contribution in [-0.2, 0) is 13.2 Å². The molecule has 1 aromatic heterocycles. The van der Waals surface area contributed by atoms with E-state index in [0.717, 1.165) is 11.3 Å². The Bertz CT molecular complexity index is 976. The Morgan fingerprint density at radius 3 is 2.57 bits per heavy atom. The maximum absolute atomic E-state index is 12.4. The summed E-state index contributed by atoms with van der Waals surface area (Å²) < 4.78 is 38.6. The van der Waals surface area contributed by atoms with Crippen LogP contribution >= 0.6 is 12.2 Å². The van der Waals surface area contributed by atoms with Crippen molar-refractivity contribution < 1.29 is 18.3 Å². The van der Waals surface area contributed by atoms with E-state index in [1.807, 2.05) is 46.8 Å². The first kappa shape index (κ1) is 20.0. The van der Waals surface area contributed by atoms with Crippen LogP contribution in [0.15, 0.2) is 54.9 Å². The van der Waals surface area contributed by atoms with Gasteiger partial charge >= 0.3 is 6.61 Å². The van der Waals surface area contributed by atoms with Crippen molar-refractivity contribution in [2.24, 2.45) is 0 Å². The smallest absolute Gasteiger partial charge is 0.387 e. The average Bonchev–Trinajstić information content (AvgIpc) is 3.03. The zero-order chi connectivity index (χ0) is 20.1. The van der Waals surface area contributed by atoms with Gasteiger partial charge in [0.25, 0.3) is 0 Å². The number of halogens is 2. The third-order valence-electron chi connectivity index (χ3n) is 4.04. The van der Waals surface area contributed by atoms with Crippen molar-refractivity contribution in [2.75, 3.05) is 14.2 Å². The zero-order valence-corrected chi connectivity index (χ0v) is 16.3. The van der Waals surface area contributed by atoms with Crippen molar-refractivity contribution in [1.29, 1.82) is 0 Å². The lowest BCUT2D eigenvalue weighted by Crippen LogP contribution is -2.22. The lowest BCUT2D eigenvalue weighted by molar-refractivity contribution is -0.0512. The molecule has 0 unspecified atom stereocenters. The van der Waals surface area contributed by atoms with E-state index in [9.17, 15) is 8.78 Å². The number of alkyl halides is 2. The molecule has 0 spiro atoms. The molecule has 0 N–H and O–H groups in total. The maximum Gasteiger partial charge on any atom is 0.387 e. The van der Waals surface area contributed by atoms with Gasteiger partial charge < -0.3 is 9.47 Å². The summed E-state index contributed by atoms with van der Waals surface area (Å²) >= 11 is 5.52. The highest BCUT2D eigenvalue weighted by Crippen LogP contribution is 2.29. The van der Waals surface area contributed by atoms with Gasteiger partial charge in [-0.2, -0.15) is 13.9 Å². The van der Waals surface area contributed by atoms with Crippen molar-refractivity contribution in [3.63, 3.8) is 0 Å². The van der Waals surface area contributed by atoms with Crippen molar-refractivity contribution in [3.05, 3.63) is 65.2 Å². The minimum absolute atomic E-state index is 0.00715. The van der Waals surface area contributed by atoms with Crippen LogP contribution < -0.4 is 9.47 Å². The average molecular weight is 406 g/mol. The van der Waals surface area contributed by atoms with E-state index in [1.165, 1.54) is 13.2 Å². The molecule has 6 nitrogen and oxygen atoms in total. The SMILES string of the molecule is COc1cc(CN(C)Cn2ncn(-c3ccccc3)c2=S)ccc1OC(F)F. The molecule has 0 bridgehead atoms. The number of hydrogen-bond acceptors (Lipinski definition) is 5. The fraction of sp³-hybridized carbons (Fsp3) is 0.263. The summed E-state index contributed by atoms with van der Waals surface area (Å²) in [5.41, 5.74) is 1.83. The van der Waals surface area contributed by atoms with E-state index in [1.54, 1.807) is 23.1 Å². The minimum Gasteiger partial charge on any atom is -0.493 e. The summed E-state index contributed by atoms with van der Waals surface area (Å²) in [6.07, 6.45) is 1.69. The standard InChI is InChI=1S/C19H20F2N4O2S/c1-23(11-14-8-9-16(27-18(20)21)17(10-14)26-2)13-25-19(28)24(12-22-25)15-6-4-3-5-7-15/h3-10,12,18H,11,13H2,1-2H3.